The Morgan fingerprint density at radius 1 is 0.353 bits per heavy atom. The molecule has 2 unspecified atom stereocenters. The maximum Gasteiger partial charge on any atom is 0.361 e. The van der Waals surface area contributed by atoms with Gasteiger partial charge in [-0.15, -0.1) is 0 Å². The average Bonchev–Trinajstić information content (AvgIpc) is 3.49. The van der Waals surface area contributed by atoms with Crippen LogP contribution in [-0.4, -0.2) is 87.4 Å². The zero-order valence-electron chi connectivity index (χ0n) is 54.7. The van der Waals surface area contributed by atoms with Gasteiger partial charge in [-0.2, -0.15) is 0 Å². The van der Waals surface area contributed by atoms with Gasteiger partial charge in [-0.05, 0) is 122 Å². The standard InChI is InChI=1S/C76H123NO8/c1-6-8-10-12-14-16-18-20-22-24-26-28-29-30-31-32-33-34-35-36-37-38-39-40-41-42-43-44-45-47-49-51-53-55-57-59-61-63-65-67-74(79)85-72(71-84-76(75(80)81)82-69-68-77(3,4)5)70-83-73(78)66-64-62-60-58-56-54-52-50-48-46-27-25-23-21-19-17-15-13-11-9-7-2/h8-11,14-17,20-23,26-28,30-31,33-34,36-37,46,50,52,56,58,72,76H,6-7,12-13,18-19,24-25,29,32,35,38-45,47-49,51,53-55,57,59-71H2,1-5H3/p+1/b10-8-,11-9-,16-14-,17-15-,22-20-,23-21-,28-26-,31-30-,34-33-,37-36-,46-27-,52-50-,58-56-. The largest absolute Gasteiger partial charge is 0.477 e. The van der Waals surface area contributed by atoms with E-state index in [1.54, 1.807) is 0 Å². The molecule has 9 heteroatoms. The Morgan fingerprint density at radius 3 is 0.965 bits per heavy atom. The molecule has 0 aromatic rings. The van der Waals surface area contributed by atoms with Gasteiger partial charge in [-0.25, -0.2) is 4.79 Å². The highest BCUT2D eigenvalue weighted by atomic mass is 16.7. The number of quaternary nitrogens is 1. The van der Waals surface area contributed by atoms with E-state index < -0.39 is 30.3 Å². The number of allylic oxidation sites excluding steroid dienone is 26. The van der Waals surface area contributed by atoms with Gasteiger partial charge in [-0.3, -0.25) is 9.59 Å². The molecule has 2 atom stereocenters. The number of carboxylic acids is 1. The SMILES string of the molecule is CC/C=C\C/C=C\C/C=C\C/C=C\C/C=C\C/C=C\C/C=C\CCCCCCCCCCCCCCCCCCCC(=O)OC(COC(=O)CCCC/C=C\C/C=C\C/C=C\C/C=C\C/C=C\C/C=C\CC)COC(OCC[N+](C)(C)C)C(=O)O. The number of esters is 2. The van der Waals surface area contributed by atoms with E-state index in [0.717, 1.165) is 116 Å². The van der Waals surface area contributed by atoms with Gasteiger partial charge in [0.1, 0.15) is 13.2 Å². The minimum absolute atomic E-state index is 0.173. The summed E-state index contributed by atoms with van der Waals surface area (Å²) in [6.07, 6.45) is 93.6. The molecular formula is C76H124NO8+. The number of likely N-dealkylation sites (N-methyl/N-ethyl adjacent to an activating group) is 1. The van der Waals surface area contributed by atoms with Crippen LogP contribution in [-0.2, 0) is 33.3 Å². The highest BCUT2D eigenvalue weighted by Crippen LogP contribution is 2.16. The first-order valence-corrected chi connectivity index (χ1v) is 33.6. The Balaban J connectivity index is 4.15. The fourth-order valence-electron chi connectivity index (χ4n) is 8.70. The van der Waals surface area contributed by atoms with E-state index >= 15 is 0 Å². The molecule has 0 saturated carbocycles. The Kier molecular flexibility index (Phi) is 61.0. The molecule has 9 nitrogen and oxygen atoms in total. The van der Waals surface area contributed by atoms with Crippen molar-refractivity contribution in [3.05, 3.63) is 158 Å². The summed E-state index contributed by atoms with van der Waals surface area (Å²) in [5.41, 5.74) is 0. The van der Waals surface area contributed by atoms with Crippen molar-refractivity contribution in [2.24, 2.45) is 0 Å². The second-order valence-electron chi connectivity index (χ2n) is 23.0. The minimum atomic E-state index is -1.53. The molecule has 0 aromatic heterocycles. The van der Waals surface area contributed by atoms with Crippen LogP contribution in [0, 0.1) is 0 Å². The Labute approximate surface area is 521 Å². The number of hydrogen-bond donors (Lipinski definition) is 1. The summed E-state index contributed by atoms with van der Waals surface area (Å²) in [5.74, 6) is -2.07. The van der Waals surface area contributed by atoms with Crippen LogP contribution >= 0.6 is 0 Å². The lowest BCUT2D eigenvalue weighted by Gasteiger charge is -2.25. The van der Waals surface area contributed by atoms with Gasteiger partial charge in [0.25, 0.3) is 6.29 Å². The number of aliphatic carboxylic acids is 1. The van der Waals surface area contributed by atoms with Gasteiger partial charge in [0.2, 0.25) is 0 Å². The predicted octanol–water partition coefficient (Wildman–Crippen LogP) is 20.9. The normalized spacial score (nSPS) is 13.8. The molecule has 0 radical (unpaired) electrons. The third-order valence-electron chi connectivity index (χ3n) is 13.8. The fraction of sp³-hybridized carbons (Fsp3) is 0.618. The molecule has 0 amide bonds. The van der Waals surface area contributed by atoms with Crippen LogP contribution in [0.15, 0.2) is 158 Å². The lowest BCUT2D eigenvalue weighted by Crippen LogP contribution is -2.40. The third kappa shape index (κ3) is 66.3. The van der Waals surface area contributed by atoms with E-state index in [0.29, 0.717) is 23.9 Å². The molecule has 85 heavy (non-hydrogen) atoms. The highest BCUT2D eigenvalue weighted by Gasteiger charge is 2.25. The quantitative estimate of drug-likeness (QED) is 0.0211. The van der Waals surface area contributed by atoms with E-state index in [1.165, 1.54) is 89.9 Å². The van der Waals surface area contributed by atoms with E-state index in [4.69, 9.17) is 18.9 Å². The summed E-state index contributed by atoms with van der Waals surface area (Å²) in [6.45, 7) is 4.59. The van der Waals surface area contributed by atoms with Gasteiger partial charge >= 0.3 is 17.9 Å². The molecule has 0 spiro atoms. The van der Waals surface area contributed by atoms with Crippen LogP contribution in [0.25, 0.3) is 0 Å². The molecule has 0 aliphatic rings. The molecular weight excluding hydrogens is 1050 g/mol. The number of carboxylic acid groups (broad SMARTS) is 1. The number of ether oxygens (including phenoxy) is 4. The summed E-state index contributed by atoms with van der Waals surface area (Å²) in [7, 11) is 5.95. The van der Waals surface area contributed by atoms with Gasteiger partial charge < -0.3 is 28.5 Å². The summed E-state index contributed by atoms with van der Waals surface area (Å²) in [6, 6.07) is 0. The molecule has 0 heterocycles. The van der Waals surface area contributed by atoms with E-state index in [9.17, 15) is 19.5 Å². The van der Waals surface area contributed by atoms with Gasteiger partial charge in [0, 0.05) is 12.8 Å². The van der Waals surface area contributed by atoms with Crippen LogP contribution in [0.2, 0.25) is 0 Å². The molecule has 1 N–H and O–H groups in total. The number of nitrogens with zero attached hydrogens (tertiary/aromatic N) is 1. The number of carbonyl (C=O) groups is 3. The number of hydrogen-bond acceptors (Lipinski definition) is 7. The summed E-state index contributed by atoms with van der Waals surface area (Å²) >= 11 is 0. The minimum Gasteiger partial charge on any atom is -0.477 e. The van der Waals surface area contributed by atoms with Gasteiger partial charge in [-0.1, -0.05) is 268 Å². The van der Waals surface area contributed by atoms with Crippen molar-refractivity contribution in [2.45, 2.75) is 257 Å². The van der Waals surface area contributed by atoms with Crippen LogP contribution in [0.3, 0.4) is 0 Å². The summed E-state index contributed by atoms with van der Waals surface area (Å²) < 4.78 is 22.9. The second-order valence-corrected chi connectivity index (χ2v) is 23.0. The van der Waals surface area contributed by atoms with Crippen molar-refractivity contribution in [1.29, 1.82) is 0 Å². The van der Waals surface area contributed by atoms with Crippen molar-refractivity contribution in [3.8, 4) is 0 Å². The Morgan fingerprint density at radius 2 is 0.635 bits per heavy atom. The highest BCUT2D eigenvalue weighted by molar-refractivity contribution is 5.71. The zero-order chi connectivity index (χ0) is 61.9. The number of rotatable bonds is 60. The first-order chi connectivity index (χ1) is 41.6. The van der Waals surface area contributed by atoms with Crippen LogP contribution < -0.4 is 0 Å². The molecule has 0 saturated heterocycles. The van der Waals surface area contributed by atoms with Crippen molar-refractivity contribution in [3.63, 3.8) is 0 Å². The molecule has 480 valence electrons. The van der Waals surface area contributed by atoms with E-state index in [2.05, 4.69) is 172 Å². The first kappa shape index (κ1) is 79.9. The van der Waals surface area contributed by atoms with Crippen molar-refractivity contribution >= 4 is 17.9 Å². The first-order valence-electron chi connectivity index (χ1n) is 33.6. The number of carbonyl (C=O) groups excluding carboxylic acids is 2. The van der Waals surface area contributed by atoms with Gasteiger partial charge in [0.15, 0.2) is 6.10 Å². The lowest BCUT2D eigenvalue weighted by atomic mass is 10.0. The van der Waals surface area contributed by atoms with E-state index in [-0.39, 0.29) is 32.7 Å². The molecule has 0 rings (SSSR count). The maximum atomic E-state index is 12.9. The third-order valence-corrected chi connectivity index (χ3v) is 13.8. The average molecular weight is 1180 g/mol. The predicted molar refractivity (Wildman–Crippen MR) is 363 cm³/mol. The van der Waals surface area contributed by atoms with Crippen LogP contribution in [0.4, 0.5) is 0 Å². The maximum absolute atomic E-state index is 12.9. The Hall–Kier alpha value is -5.09. The van der Waals surface area contributed by atoms with Gasteiger partial charge in [0.05, 0.1) is 34.4 Å². The lowest BCUT2D eigenvalue weighted by molar-refractivity contribution is -0.870. The van der Waals surface area contributed by atoms with Crippen LogP contribution in [0.5, 0.6) is 0 Å². The zero-order valence-corrected chi connectivity index (χ0v) is 54.7. The molecule has 0 bridgehead atoms. The van der Waals surface area contributed by atoms with Crippen LogP contribution in [0.1, 0.15) is 245 Å². The molecule has 0 fully saturated rings. The molecule has 0 aromatic carbocycles. The molecule has 0 aliphatic heterocycles. The monoisotopic (exact) mass is 1180 g/mol. The van der Waals surface area contributed by atoms with Crippen molar-refractivity contribution in [1.82, 2.24) is 0 Å². The summed E-state index contributed by atoms with van der Waals surface area (Å²) in [5, 5.41) is 9.73. The topological polar surface area (TPSA) is 108 Å². The summed E-state index contributed by atoms with van der Waals surface area (Å²) in [4.78, 5) is 37.5. The fourth-order valence-corrected chi connectivity index (χ4v) is 8.70. The smallest absolute Gasteiger partial charge is 0.361 e. The molecule has 0 aliphatic carbocycles. The van der Waals surface area contributed by atoms with Crippen molar-refractivity contribution in [2.75, 3.05) is 47.5 Å². The number of unbranched alkanes of at least 4 members (excludes halogenated alkanes) is 19. The van der Waals surface area contributed by atoms with Crippen molar-refractivity contribution < 1.29 is 42.9 Å². The Bertz CT molecular complexity index is 1950. The van der Waals surface area contributed by atoms with E-state index in [1.807, 2.05) is 21.1 Å². The second kappa shape index (κ2) is 64.9.